The van der Waals surface area contributed by atoms with Gasteiger partial charge in [-0.15, -0.1) is 0 Å². The lowest BCUT2D eigenvalue weighted by atomic mass is 9.76. The van der Waals surface area contributed by atoms with E-state index in [2.05, 4.69) is 5.32 Å². The number of carbonyl (C=O) groups is 2. The molecule has 0 radical (unpaired) electrons. The van der Waals surface area contributed by atoms with E-state index in [1.54, 1.807) is 31.2 Å². The van der Waals surface area contributed by atoms with E-state index in [0.29, 0.717) is 5.76 Å². The summed E-state index contributed by atoms with van der Waals surface area (Å²) >= 11 is 0. The van der Waals surface area contributed by atoms with E-state index in [4.69, 9.17) is 9.15 Å². The molecule has 0 spiro atoms. The monoisotopic (exact) mass is 277 g/mol. The molecule has 1 amide bonds. The van der Waals surface area contributed by atoms with Gasteiger partial charge >= 0.3 is 5.97 Å². The van der Waals surface area contributed by atoms with Crippen molar-refractivity contribution in [2.75, 3.05) is 0 Å². The minimum Gasteiger partial charge on any atom is -0.481 e. The molecule has 3 rings (SSSR count). The summed E-state index contributed by atoms with van der Waals surface area (Å²) in [5.41, 5.74) is -0.846. The molecule has 1 aromatic heterocycles. The topological polar surface area (TPSA) is 88.8 Å². The smallest absolute Gasteiger partial charge is 0.310 e. The predicted octanol–water partition coefficient (Wildman–Crippen LogP) is 0.940. The van der Waals surface area contributed by atoms with Gasteiger partial charge in [-0.25, -0.2) is 0 Å². The van der Waals surface area contributed by atoms with Gasteiger partial charge in [-0.05, 0) is 19.1 Å². The van der Waals surface area contributed by atoms with Crippen LogP contribution in [0.25, 0.3) is 0 Å². The molecule has 2 aliphatic heterocycles. The van der Waals surface area contributed by atoms with Crippen molar-refractivity contribution in [2.45, 2.75) is 25.2 Å². The van der Waals surface area contributed by atoms with Crippen LogP contribution in [0.4, 0.5) is 0 Å². The standard InChI is InChI=1S/C14H15NO5/c1-14-5-4-9(20-14)10(13(17)18)11(14)12(16)15-7-8-3-2-6-19-8/h2-6,9-11H,7H2,1H3,(H,15,16)(H,17,18)/t9-,10-,11+,14+/m1/s1. The van der Waals surface area contributed by atoms with Crippen LogP contribution in [0.3, 0.4) is 0 Å². The molecule has 3 heterocycles. The number of nitrogens with one attached hydrogen (secondary N) is 1. The Balaban J connectivity index is 1.75. The van der Waals surface area contributed by atoms with Crippen LogP contribution < -0.4 is 5.32 Å². The Hall–Kier alpha value is -2.08. The van der Waals surface area contributed by atoms with Crippen molar-refractivity contribution in [3.63, 3.8) is 0 Å². The molecular formula is C14H15NO5. The summed E-state index contributed by atoms with van der Waals surface area (Å²) < 4.78 is 10.8. The molecule has 6 heteroatoms. The van der Waals surface area contributed by atoms with Crippen LogP contribution in [-0.2, 0) is 20.9 Å². The highest BCUT2D eigenvalue weighted by atomic mass is 16.5. The van der Waals surface area contributed by atoms with Gasteiger partial charge in [0.15, 0.2) is 0 Å². The number of carbonyl (C=O) groups excluding carboxylic acids is 1. The van der Waals surface area contributed by atoms with Crippen molar-refractivity contribution < 1.29 is 23.8 Å². The van der Waals surface area contributed by atoms with Crippen molar-refractivity contribution in [2.24, 2.45) is 11.8 Å². The molecule has 2 bridgehead atoms. The third-order valence-electron chi connectivity index (χ3n) is 3.92. The minimum atomic E-state index is -1.01. The van der Waals surface area contributed by atoms with Gasteiger partial charge in [-0.1, -0.05) is 12.2 Å². The summed E-state index contributed by atoms with van der Waals surface area (Å²) in [7, 11) is 0. The Bertz CT molecular complexity index is 564. The van der Waals surface area contributed by atoms with Crippen LogP contribution in [0.15, 0.2) is 35.0 Å². The molecule has 0 unspecified atom stereocenters. The Morgan fingerprint density at radius 3 is 2.95 bits per heavy atom. The van der Waals surface area contributed by atoms with E-state index < -0.39 is 29.5 Å². The van der Waals surface area contributed by atoms with E-state index >= 15 is 0 Å². The molecule has 1 aromatic rings. The summed E-state index contributed by atoms with van der Waals surface area (Å²) in [6.07, 6.45) is 4.48. The number of aliphatic carboxylic acids is 1. The first-order valence-electron chi connectivity index (χ1n) is 6.41. The van der Waals surface area contributed by atoms with Gasteiger partial charge in [-0.3, -0.25) is 9.59 Å². The summed E-state index contributed by atoms with van der Waals surface area (Å²) in [6, 6.07) is 3.47. The zero-order valence-corrected chi connectivity index (χ0v) is 10.9. The van der Waals surface area contributed by atoms with Crippen molar-refractivity contribution in [1.29, 1.82) is 0 Å². The highest BCUT2D eigenvalue weighted by Crippen LogP contribution is 2.47. The second kappa shape index (κ2) is 4.49. The zero-order chi connectivity index (χ0) is 14.3. The molecule has 0 aliphatic carbocycles. The maximum atomic E-state index is 12.3. The van der Waals surface area contributed by atoms with Crippen LogP contribution in [0.1, 0.15) is 12.7 Å². The first kappa shape index (κ1) is 12.9. The van der Waals surface area contributed by atoms with Crippen molar-refractivity contribution in [1.82, 2.24) is 5.32 Å². The average Bonchev–Trinajstić information content (AvgIpc) is 3.08. The first-order valence-corrected chi connectivity index (χ1v) is 6.41. The fourth-order valence-corrected chi connectivity index (χ4v) is 2.98. The second-order valence-electron chi connectivity index (χ2n) is 5.26. The van der Waals surface area contributed by atoms with Gasteiger partial charge in [0.1, 0.15) is 11.7 Å². The van der Waals surface area contributed by atoms with Gasteiger partial charge < -0.3 is 19.6 Å². The fourth-order valence-electron chi connectivity index (χ4n) is 2.98. The number of hydrogen-bond donors (Lipinski definition) is 2. The average molecular weight is 277 g/mol. The van der Waals surface area contributed by atoms with Gasteiger partial charge in [0.2, 0.25) is 5.91 Å². The molecule has 20 heavy (non-hydrogen) atoms. The number of carboxylic acids is 1. The van der Waals surface area contributed by atoms with E-state index in [-0.39, 0.29) is 12.5 Å². The van der Waals surface area contributed by atoms with E-state index in [1.807, 2.05) is 0 Å². The SMILES string of the molecule is C[C@@]12C=C[C@@H](O1)[C@@H](C(=O)O)[C@H]2C(=O)NCc1ccco1. The molecule has 106 valence electrons. The summed E-state index contributed by atoms with van der Waals surface area (Å²) in [5.74, 6) is -2.30. The van der Waals surface area contributed by atoms with E-state index in [1.165, 1.54) is 6.26 Å². The largest absolute Gasteiger partial charge is 0.481 e. The molecule has 0 aromatic carbocycles. The van der Waals surface area contributed by atoms with Crippen LogP contribution in [0.2, 0.25) is 0 Å². The van der Waals surface area contributed by atoms with Crippen LogP contribution in [0, 0.1) is 11.8 Å². The number of rotatable bonds is 4. The lowest BCUT2D eigenvalue weighted by molar-refractivity contribution is -0.147. The maximum absolute atomic E-state index is 12.3. The molecule has 1 fully saturated rings. The van der Waals surface area contributed by atoms with Gasteiger partial charge in [-0.2, -0.15) is 0 Å². The van der Waals surface area contributed by atoms with E-state index in [9.17, 15) is 14.7 Å². The number of carboxylic acid groups (broad SMARTS) is 1. The molecule has 2 aliphatic rings. The molecule has 0 saturated carbocycles. The third kappa shape index (κ3) is 1.92. The Morgan fingerprint density at radius 1 is 1.50 bits per heavy atom. The number of fused-ring (bicyclic) bond motifs is 2. The number of furan rings is 1. The molecule has 1 saturated heterocycles. The van der Waals surface area contributed by atoms with Crippen LogP contribution in [-0.4, -0.2) is 28.7 Å². The summed E-state index contributed by atoms with van der Waals surface area (Å²) in [5, 5.41) is 12.0. The third-order valence-corrected chi connectivity index (χ3v) is 3.92. The Labute approximate surface area is 115 Å². The quantitative estimate of drug-likeness (QED) is 0.800. The van der Waals surface area contributed by atoms with Crippen molar-refractivity contribution in [3.05, 3.63) is 36.3 Å². The predicted molar refractivity (Wildman–Crippen MR) is 67.6 cm³/mol. The van der Waals surface area contributed by atoms with Gasteiger partial charge in [0, 0.05) is 0 Å². The Morgan fingerprint density at radius 2 is 2.30 bits per heavy atom. The lowest BCUT2D eigenvalue weighted by Crippen LogP contribution is -2.46. The molecule has 4 atom stereocenters. The highest BCUT2D eigenvalue weighted by Gasteiger charge is 2.59. The minimum absolute atomic E-state index is 0.235. The van der Waals surface area contributed by atoms with E-state index in [0.717, 1.165) is 0 Å². The van der Waals surface area contributed by atoms with Gasteiger partial charge in [0.25, 0.3) is 0 Å². The summed E-state index contributed by atoms with van der Waals surface area (Å²) in [4.78, 5) is 23.7. The highest BCUT2D eigenvalue weighted by molar-refractivity contribution is 5.88. The fraction of sp³-hybridized carbons (Fsp3) is 0.429. The van der Waals surface area contributed by atoms with Crippen molar-refractivity contribution >= 4 is 11.9 Å². The number of amides is 1. The normalized spacial score (nSPS) is 34.4. The maximum Gasteiger partial charge on any atom is 0.310 e. The molecule has 2 N–H and O–H groups in total. The van der Waals surface area contributed by atoms with Gasteiger partial charge in [0.05, 0.1) is 30.4 Å². The molecular weight excluding hydrogens is 262 g/mol. The lowest BCUT2D eigenvalue weighted by Gasteiger charge is -2.27. The van der Waals surface area contributed by atoms with Crippen molar-refractivity contribution in [3.8, 4) is 0 Å². The Kier molecular flexibility index (Phi) is 2.90. The van der Waals surface area contributed by atoms with Crippen LogP contribution in [0.5, 0.6) is 0 Å². The second-order valence-corrected chi connectivity index (χ2v) is 5.26. The first-order chi connectivity index (χ1) is 9.51. The molecule has 6 nitrogen and oxygen atoms in total. The zero-order valence-electron chi connectivity index (χ0n) is 10.9. The number of ether oxygens (including phenoxy) is 1. The van der Waals surface area contributed by atoms with Crippen LogP contribution >= 0.6 is 0 Å². The summed E-state index contributed by atoms with van der Waals surface area (Å²) in [6.45, 7) is 1.97. The number of hydrogen-bond acceptors (Lipinski definition) is 4.